The molecule has 0 radical (unpaired) electrons. The Morgan fingerprint density at radius 2 is 1.82 bits per heavy atom. The van der Waals surface area contributed by atoms with Gasteiger partial charge in [0.15, 0.2) is 0 Å². The smallest absolute Gasteiger partial charge is 0.122 e. The molecule has 0 N–H and O–H groups in total. The van der Waals surface area contributed by atoms with E-state index in [9.17, 15) is 0 Å². The van der Waals surface area contributed by atoms with Crippen molar-refractivity contribution in [2.45, 2.75) is 19.9 Å². The molecule has 11 heavy (non-hydrogen) atoms. The van der Waals surface area contributed by atoms with Crippen LogP contribution in [0, 0.1) is 17.2 Å². The molecule has 1 rings (SSSR count). The van der Waals surface area contributed by atoms with Gasteiger partial charge in [0.1, 0.15) is 6.04 Å². The molecule has 1 aromatic heterocycles. The third-order valence-corrected chi connectivity index (χ3v) is 1.71. The van der Waals surface area contributed by atoms with Crippen LogP contribution in [0.5, 0.6) is 0 Å². The van der Waals surface area contributed by atoms with Crippen LogP contribution in [0.2, 0.25) is 0 Å². The van der Waals surface area contributed by atoms with Gasteiger partial charge in [-0.05, 0) is 18.1 Å². The zero-order valence-electron chi connectivity index (χ0n) is 6.86. The first-order valence-electron chi connectivity index (χ1n) is 3.77. The summed E-state index contributed by atoms with van der Waals surface area (Å²) in [5.74, 6) is 0.368. The quantitative estimate of drug-likeness (QED) is 0.632. The molecule has 0 spiro atoms. The van der Waals surface area contributed by atoms with Crippen LogP contribution in [-0.4, -0.2) is 4.57 Å². The standard InChI is InChI=1S/C9H12N2/c1-8(2)9(7-10)11-5-3-4-6-11/h3-6,8-9H,1-2H3. The molecule has 0 aromatic carbocycles. The first kappa shape index (κ1) is 7.87. The Balaban J connectivity index is 2.82. The van der Waals surface area contributed by atoms with Gasteiger partial charge in [-0.3, -0.25) is 0 Å². The van der Waals surface area contributed by atoms with Crippen molar-refractivity contribution in [2.75, 3.05) is 0 Å². The number of hydrogen-bond donors (Lipinski definition) is 0. The van der Waals surface area contributed by atoms with E-state index in [4.69, 9.17) is 5.26 Å². The van der Waals surface area contributed by atoms with E-state index in [1.807, 2.05) is 42.9 Å². The van der Waals surface area contributed by atoms with Crippen LogP contribution < -0.4 is 0 Å². The maximum absolute atomic E-state index is 8.80. The average Bonchev–Trinajstić information content (AvgIpc) is 2.40. The van der Waals surface area contributed by atoms with Crippen LogP contribution in [0.1, 0.15) is 19.9 Å². The van der Waals surface area contributed by atoms with Crippen LogP contribution >= 0.6 is 0 Å². The highest BCUT2D eigenvalue weighted by Crippen LogP contribution is 2.15. The molecular formula is C9H12N2. The van der Waals surface area contributed by atoms with Crippen molar-refractivity contribution in [3.05, 3.63) is 24.5 Å². The normalized spacial score (nSPS) is 12.9. The molecular weight excluding hydrogens is 136 g/mol. The van der Waals surface area contributed by atoms with Gasteiger partial charge in [0.25, 0.3) is 0 Å². The van der Waals surface area contributed by atoms with Gasteiger partial charge in [-0.1, -0.05) is 13.8 Å². The molecule has 0 saturated carbocycles. The lowest BCUT2D eigenvalue weighted by atomic mass is 10.1. The molecule has 0 amide bonds. The highest BCUT2D eigenvalue weighted by atomic mass is 15.0. The van der Waals surface area contributed by atoms with E-state index >= 15 is 0 Å². The van der Waals surface area contributed by atoms with Gasteiger partial charge in [-0.15, -0.1) is 0 Å². The Bertz CT molecular complexity index is 241. The fraction of sp³-hybridized carbons (Fsp3) is 0.444. The number of aromatic nitrogens is 1. The SMILES string of the molecule is CC(C)C(C#N)n1cccc1. The van der Waals surface area contributed by atoms with E-state index < -0.39 is 0 Å². The lowest BCUT2D eigenvalue weighted by Gasteiger charge is -2.13. The van der Waals surface area contributed by atoms with Crippen LogP contribution in [0.4, 0.5) is 0 Å². The van der Waals surface area contributed by atoms with Crippen molar-refractivity contribution in [1.29, 1.82) is 5.26 Å². The fourth-order valence-corrected chi connectivity index (χ4v) is 1.09. The Morgan fingerprint density at radius 3 is 2.18 bits per heavy atom. The lowest BCUT2D eigenvalue weighted by molar-refractivity contribution is 0.461. The second-order valence-electron chi connectivity index (χ2n) is 2.95. The van der Waals surface area contributed by atoms with Gasteiger partial charge in [0, 0.05) is 12.4 Å². The van der Waals surface area contributed by atoms with Gasteiger partial charge in [0.05, 0.1) is 6.07 Å². The highest BCUT2D eigenvalue weighted by Gasteiger charge is 2.11. The topological polar surface area (TPSA) is 28.7 Å². The summed E-state index contributed by atoms with van der Waals surface area (Å²) in [5, 5.41) is 8.80. The predicted octanol–water partition coefficient (Wildman–Crippen LogP) is 2.21. The summed E-state index contributed by atoms with van der Waals surface area (Å²) in [6.07, 6.45) is 3.85. The Kier molecular flexibility index (Phi) is 2.32. The lowest BCUT2D eigenvalue weighted by Crippen LogP contribution is -2.10. The van der Waals surface area contributed by atoms with Gasteiger partial charge in [0.2, 0.25) is 0 Å². The summed E-state index contributed by atoms with van der Waals surface area (Å²) in [5.41, 5.74) is 0. The molecule has 1 aromatic rings. The van der Waals surface area contributed by atoms with E-state index in [0.29, 0.717) is 5.92 Å². The Labute approximate surface area is 67.1 Å². The van der Waals surface area contributed by atoms with Gasteiger partial charge >= 0.3 is 0 Å². The minimum Gasteiger partial charge on any atom is -0.338 e. The molecule has 0 aliphatic rings. The molecule has 0 saturated heterocycles. The second kappa shape index (κ2) is 3.25. The first-order chi connectivity index (χ1) is 5.25. The van der Waals surface area contributed by atoms with Crippen molar-refractivity contribution >= 4 is 0 Å². The van der Waals surface area contributed by atoms with E-state index in [0.717, 1.165) is 0 Å². The third-order valence-electron chi connectivity index (χ3n) is 1.71. The molecule has 58 valence electrons. The van der Waals surface area contributed by atoms with Crippen molar-refractivity contribution < 1.29 is 0 Å². The maximum atomic E-state index is 8.80. The molecule has 0 bridgehead atoms. The number of nitriles is 1. The van der Waals surface area contributed by atoms with Gasteiger partial charge in [-0.25, -0.2) is 0 Å². The Hall–Kier alpha value is -1.23. The van der Waals surface area contributed by atoms with Gasteiger partial charge < -0.3 is 4.57 Å². The summed E-state index contributed by atoms with van der Waals surface area (Å²) < 4.78 is 1.94. The Morgan fingerprint density at radius 1 is 1.27 bits per heavy atom. The van der Waals surface area contributed by atoms with E-state index in [2.05, 4.69) is 6.07 Å². The average molecular weight is 148 g/mol. The monoisotopic (exact) mass is 148 g/mol. The summed E-state index contributed by atoms with van der Waals surface area (Å²) in [6.45, 7) is 4.10. The molecule has 0 aliphatic heterocycles. The molecule has 1 unspecified atom stereocenters. The van der Waals surface area contributed by atoms with Crippen molar-refractivity contribution in [1.82, 2.24) is 4.57 Å². The molecule has 0 aliphatic carbocycles. The molecule has 1 heterocycles. The molecule has 2 heteroatoms. The zero-order chi connectivity index (χ0) is 8.27. The zero-order valence-corrected chi connectivity index (χ0v) is 6.86. The summed E-state index contributed by atoms with van der Waals surface area (Å²) in [4.78, 5) is 0. The van der Waals surface area contributed by atoms with E-state index in [1.165, 1.54) is 0 Å². The summed E-state index contributed by atoms with van der Waals surface area (Å²) in [7, 11) is 0. The third kappa shape index (κ3) is 1.62. The van der Waals surface area contributed by atoms with Crippen LogP contribution in [-0.2, 0) is 0 Å². The maximum Gasteiger partial charge on any atom is 0.122 e. The van der Waals surface area contributed by atoms with Crippen molar-refractivity contribution in [3.63, 3.8) is 0 Å². The molecule has 0 fully saturated rings. The highest BCUT2D eigenvalue weighted by molar-refractivity contribution is 5.00. The van der Waals surface area contributed by atoms with E-state index in [1.54, 1.807) is 0 Å². The van der Waals surface area contributed by atoms with Crippen LogP contribution in [0.25, 0.3) is 0 Å². The largest absolute Gasteiger partial charge is 0.338 e. The fourth-order valence-electron chi connectivity index (χ4n) is 1.09. The summed E-state index contributed by atoms with van der Waals surface area (Å²) in [6, 6.07) is 6.12. The van der Waals surface area contributed by atoms with Crippen molar-refractivity contribution in [2.24, 2.45) is 5.92 Å². The molecule has 1 atom stereocenters. The van der Waals surface area contributed by atoms with E-state index in [-0.39, 0.29) is 6.04 Å². The van der Waals surface area contributed by atoms with Crippen LogP contribution in [0.15, 0.2) is 24.5 Å². The van der Waals surface area contributed by atoms with Gasteiger partial charge in [-0.2, -0.15) is 5.26 Å². The number of hydrogen-bond acceptors (Lipinski definition) is 1. The number of rotatable bonds is 2. The molecule has 2 nitrogen and oxygen atoms in total. The first-order valence-corrected chi connectivity index (χ1v) is 3.77. The minimum atomic E-state index is -0.0231. The minimum absolute atomic E-state index is 0.0231. The van der Waals surface area contributed by atoms with Crippen molar-refractivity contribution in [3.8, 4) is 6.07 Å². The second-order valence-corrected chi connectivity index (χ2v) is 2.95. The number of nitrogens with zero attached hydrogens (tertiary/aromatic N) is 2. The predicted molar refractivity (Wildman–Crippen MR) is 43.9 cm³/mol. The van der Waals surface area contributed by atoms with Crippen LogP contribution in [0.3, 0.4) is 0 Å². The summed E-state index contributed by atoms with van der Waals surface area (Å²) >= 11 is 0.